The molecule has 0 aliphatic carbocycles. The Balaban J connectivity index is 1.44. The van der Waals surface area contributed by atoms with E-state index in [4.69, 9.17) is 4.74 Å². The van der Waals surface area contributed by atoms with E-state index in [0.29, 0.717) is 73.9 Å². The standard InChI is InChI=1S/C32H39N5O5/c1-4-33-32(41)37-21-26(29(38)31(40)36-16-14-34(2)15-17-36)24-19-25(28(42-3)20-27(24)37)30(39)35-12-10-23(11-13-35)18-22-8-6-5-7-9-22/h5-9,19-21,23H,4,10-18H2,1-3H3,(H,33,41). The molecule has 2 aliphatic rings. The summed E-state index contributed by atoms with van der Waals surface area (Å²) in [7, 11) is 3.45. The number of piperazine rings is 1. The zero-order chi connectivity index (χ0) is 29.8. The third-order valence-corrected chi connectivity index (χ3v) is 8.40. The number of ether oxygens (including phenoxy) is 1. The smallest absolute Gasteiger partial charge is 0.326 e. The maximum atomic E-state index is 13.8. The molecule has 1 aromatic heterocycles. The number of benzene rings is 2. The van der Waals surface area contributed by atoms with Gasteiger partial charge >= 0.3 is 6.03 Å². The molecule has 0 radical (unpaired) electrons. The number of carbonyl (C=O) groups is 4. The fourth-order valence-electron chi connectivity index (χ4n) is 5.90. The quantitative estimate of drug-likeness (QED) is 0.344. The van der Waals surface area contributed by atoms with Gasteiger partial charge in [0.1, 0.15) is 5.75 Å². The Hall–Kier alpha value is -4.18. The fourth-order valence-corrected chi connectivity index (χ4v) is 5.90. The molecule has 0 unspecified atom stereocenters. The summed E-state index contributed by atoms with van der Waals surface area (Å²) in [6.07, 6.45) is 4.16. The summed E-state index contributed by atoms with van der Waals surface area (Å²) < 4.78 is 6.94. The van der Waals surface area contributed by atoms with Gasteiger partial charge in [0.15, 0.2) is 0 Å². The van der Waals surface area contributed by atoms with Crippen molar-refractivity contribution in [2.24, 2.45) is 5.92 Å². The first kappa shape index (κ1) is 29.3. The number of Topliss-reactive ketones (excluding diaryl/α,β-unsaturated/α-hetero) is 1. The summed E-state index contributed by atoms with van der Waals surface area (Å²) in [5.74, 6) is -0.690. The van der Waals surface area contributed by atoms with E-state index in [1.807, 2.05) is 30.1 Å². The largest absolute Gasteiger partial charge is 0.496 e. The molecule has 222 valence electrons. The highest BCUT2D eigenvalue weighted by Gasteiger charge is 2.31. The molecule has 1 N–H and O–H groups in total. The molecule has 0 atom stereocenters. The summed E-state index contributed by atoms with van der Waals surface area (Å²) in [6.45, 7) is 5.68. The maximum absolute atomic E-state index is 13.8. The second kappa shape index (κ2) is 12.8. The van der Waals surface area contributed by atoms with E-state index < -0.39 is 17.7 Å². The van der Waals surface area contributed by atoms with Crippen LogP contribution in [0.25, 0.3) is 10.9 Å². The van der Waals surface area contributed by atoms with Gasteiger partial charge in [-0.1, -0.05) is 30.3 Å². The summed E-state index contributed by atoms with van der Waals surface area (Å²) in [4.78, 5) is 59.1. The average molecular weight is 574 g/mol. The molecule has 10 nitrogen and oxygen atoms in total. The SMILES string of the molecule is CCNC(=O)n1cc(C(=O)C(=O)N2CCN(C)CC2)c2cc(C(=O)N3CCC(Cc4ccccc4)CC3)c(OC)cc21. The van der Waals surface area contributed by atoms with Crippen molar-refractivity contribution in [2.75, 3.05) is 60.0 Å². The summed E-state index contributed by atoms with van der Waals surface area (Å²) in [6, 6.07) is 13.2. The molecule has 5 rings (SSSR count). The van der Waals surface area contributed by atoms with Crippen LogP contribution in [-0.4, -0.2) is 103 Å². The van der Waals surface area contributed by atoms with E-state index in [1.54, 1.807) is 24.0 Å². The Kier molecular flexibility index (Phi) is 8.91. The number of fused-ring (bicyclic) bond motifs is 1. The lowest BCUT2D eigenvalue weighted by atomic mass is 9.90. The first-order chi connectivity index (χ1) is 20.3. The van der Waals surface area contributed by atoms with E-state index in [0.717, 1.165) is 19.3 Å². The molecule has 3 heterocycles. The van der Waals surface area contributed by atoms with Crippen molar-refractivity contribution in [2.45, 2.75) is 26.2 Å². The van der Waals surface area contributed by atoms with Gasteiger partial charge < -0.3 is 24.8 Å². The van der Waals surface area contributed by atoms with Gasteiger partial charge in [0, 0.05) is 63.5 Å². The maximum Gasteiger partial charge on any atom is 0.326 e. The number of piperidine rings is 1. The number of nitrogens with one attached hydrogen (secondary N) is 1. The number of methoxy groups -OCH3 is 1. The molecule has 2 aromatic carbocycles. The Bertz CT molecular complexity index is 1470. The van der Waals surface area contributed by atoms with Crippen LogP contribution in [0.1, 0.15) is 46.0 Å². The molecule has 2 aliphatic heterocycles. The van der Waals surface area contributed by atoms with Crippen molar-refractivity contribution >= 4 is 34.5 Å². The van der Waals surface area contributed by atoms with Crippen LogP contribution >= 0.6 is 0 Å². The van der Waals surface area contributed by atoms with Crippen LogP contribution in [0.2, 0.25) is 0 Å². The topological polar surface area (TPSA) is 104 Å². The van der Waals surface area contributed by atoms with E-state index in [2.05, 4.69) is 22.3 Å². The van der Waals surface area contributed by atoms with Gasteiger partial charge in [0.25, 0.3) is 17.6 Å². The zero-order valence-electron chi connectivity index (χ0n) is 24.6. The molecule has 2 saturated heterocycles. The number of likely N-dealkylation sites (N-methyl/N-ethyl adjacent to an activating group) is 1. The number of carbonyl (C=O) groups excluding carboxylic acids is 4. The normalized spacial score (nSPS) is 16.5. The average Bonchev–Trinajstić information content (AvgIpc) is 3.39. The number of rotatable bonds is 7. The monoisotopic (exact) mass is 573 g/mol. The van der Waals surface area contributed by atoms with Crippen molar-refractivity contribution in [1.82, 2.24) is 24.6 Å². The molecule has 0 saturated carbocycles. The molecule has 2 fully saturated rings. The molecule has 3 amide bonds. The van der Waals surface area contributed by atoms with E-state index in [-0.39, 0.29) is 11.5 Å². The van der Waals surface area contributed by atoms with Crippen LogP contribution in [0.5, 0.6) is 5.75 Å². The Labute approximate surface area is 246 Å². The van der Waals surface area contributed by atoms with Gasteiger partial charge in [-0.2, -0.15) is 0 Å². The molecular weight excluding hydrogens is 534 g/mol. The van der Waals surface area contributed by atoms with Crippen LogP contribution in [0, 0.1) is 5.92 Å². The Morgan fingerprint density at radius 3 is 2.24 bits per heavy atom. The lowest BCUT2D eigenvalue weighted by Gasteiger charge is -2.32. The molecule has 3 aromatic rings. The number of amides is 3. The van der Waals surface area contributed by atoms with Crippen LogP contribution in [0.3, 0.4) is 0 Å². The van der Waals surface area contributed by atoms with Gasteiger partial charge in [0.2, 0.25) is 0 Å². The minimum absolute atomic E-state index is 0.0958. The predicted molar refractivity (Wildman–Crippen MR) is 160 cm³/mol. The van der Waals surface area contributed by atoms with E-state index in [9.17, 15) is 19.2 Å². The summed E-state index contributed by atoms with van der Waals surface area (Å²) >= 11 is 0. The highest BCUT2D eigenvalue weighted by atomic mass is 16.5. The van der Waals surface area contributed by atoms with E-state index >= 15 is 0 Å². The number of hydrogen-bond donors (Lipinski definition) is 1. The van der Waals surface area contributed by atoms with Crippen LogP contribution in [0.4, 0.5) is 4.79 Å². The molecular formula is C32H39N5O5. The minimum atomic E-state index is -0.696. The van der Waals surface area contributed by atoms with Gasteiger partial charge in [-0.15, -0.1) is 0 Å². The Morgan fingerprint density at radius 2 is 1.60 bits per heavy atom. The second-order valence-corrected chi connectivity index (χ2v) is 11.2. The molecule has 42 heavy (non-hydrogen) atoms. The van der Waals surface area contributed by atoms with Crippen molar-refractivity contribution in [3.8, 4) is 5.75 Å². The van der Waals surface area contributed by atoms with Gasteiger partial charge in [-0.3, -0.25) is 19.0 Å². The number of hydrogen-bond acceptors (Lipinski definition) is 6. The molecule has 0 bridgehead atoms. The lowest BCUT2D eigenvalue weighted by molar-refractivity contribution is -0.127. The second-order valence-electron chi connectivity index (χ2n) is 11.2. The summed E-state index contributed by atoms with van der Waals surface area (Å²) in [5, 5.41) is 3.12. The first-order valence-corrected chi connectivity index (χ1v) is 14.7. The van der Waals surface area contributed by atoms with Crippen LogP contribution in [0.15, 0.2) is 48.7 Å². The highest BCUT2D eigenvalue weighted by molar-refractivity contribution is 6.45. The first-order valence-electron chi connectivity index (χ1n) is 14.7. The van der Waals surface area contributed by atoms with Crippen molar-refractivity contribution in [3.63, 3.8) is 0 Å². The van der Waals surface area contributed by atoms with Gasteiger partial charge in [0.05, 0.1) is 23.8 Å². The number of ketones is 1. The molecule has 10 heteroatoms. The number of likely N-dealkylation sites (tertiary alicyclic amines) is 1. The number of nitrogens with zero attached hydrogens (tertiary/aromatic N) is 4. The summed E-state index contributed by atoms with van der Waals surface area (Å²) in [5.41, 5.74) is 2.10. The highest BCUT2D eigenvalue weighted by Crippen LogP contribution is 2.32. The number of aromatic nitrogens is 1. The van der Waals surface area contributed by atoms with Crippen molar-refractivity contribution < 1.29 is 23.9 Å². The zero-order valence-corrected chi connectivity index (χ0v) is 24.6. The lowest BCUT2D eigenvalue weighted by Crippen LogP contribution is -2.49. The molecule has 0 spiro atoms. The minimum Gasteiger partial charge on any atom is -0.496 e. The van der Waals surface area contributed by atoms with Crippen LogP contribution < -0.4 is 10.1 Å². The van der Waals surface area contributed by atoms with Crippen LogP contribution in [-0.2, 0) is 11.2 Å². The third kappa shape index (κ3) is 6.04. The van der Waals surface area contributed by atoms with Gasteiger partial charge in [-0.25, -0.2) is 4.79 Å². The third-order valence-electron chi connectivity index (χ3n) is 8.40. The van der Waals surface area contributed by atoms with Crippen molar-refractivity contribution in [1.29, 1.82) is 0 Å². The van der Waals surface area contributed by atoms with E-state index in [1.165, 1.54) is 23.4 Å². The van der Waals surface area contributed by atoms with Crippen molar-refractivity contribution in [3.05, 3.63) is 65.4 Å². The Morgan fingerprint density at radius 1 is 0.905 bits per heavy atom. The fraction of sp³-hybridized carbons (Fsp3) is 0.438. The predicted octanol–water partition coefficient (Wildman–Crippen LogP) is 3.28. The van der Waals surface area contributed by atoms with Gasteiger partial charge in [-0.05, 0) is 50.8 Å².